The second kappa shape index (κ2) is 7.00. The summed E-state index contributed by atoms with van der Waals surface area (Å²) in [7, 11) is 0. The second-order valence-corrected chi connectivity index (χ2v) is 6.78. The fourth-order valence-corrected chi connectivity index (χ4v) is 3.95. The normalized spacial score (nSPS) is 21.3. The van der Waals surface area contributed by atoms with Crippen LogP contribution in [0.25, 0.3) is 0 Å². The van der Waals surface area contributed by atoms with Gasteiger partial charge in [-0.15, -0.1) is 11.8 Å². The zero-order valence-electron chi connectivity index (χ0n) is 12.5. The average molecular weight is 294 g/mol. The molecule has 21 heavy (non-hydrogen) atoms. The minimum atomic E-state index is 0.676. The van der Waals surface area contributed by atoms with Crippen LogP contribution >= 0.6 is 11.8 Å². The Bertz CT molecular complexity index is 586. The van der Waals surface area contributed by atoms with Crippen molar-refractivity contribution in [3.8, 4) is 0 Å². The van der Waals surface area contributed by atoms with Gasteiger partial charge in [-0.3, -0.25) is 0 Å². The third kappa shape index (κ3) is 3.79. The van der Waals surface area contributed by atoms with Crippen molar-refractivity contribution < 1.29 is 0 Å². The van der Waals surface area contributed by atoms with Crippen LogP contribution in [0.3, 0.4) is 0 Å². The SMILES string of the molecule is CSC1=CC(Cc2ccccc2)C(Cc2ccccc2)C1. The van der Waals surface area contributed by atoms with Crippen molar-refractivity contribution in [3.63, 3.8) is 0 Å². The predicted octanol–water partition coefficient (Wildman–Crippen LogP) is 5.35. The second-order valence-electron chi connectivity index (χ2n) is 5.84. The Hall–Kier alpha value is -1.47. The van der Waals surface area contributed by atoms with Crippen molar-refractivity contribution in [2.45, 2.75) is 19.3 Å². The van der Waals surface area contributed by atoms with Crippen LogP contribution in [0.5, 0.6) is 0 Å². The molecule has 0 bridgehead atoms. The van der Waals surface area contributed by atoms with E-state index < -0.39 is 0 Å². The van der Waals surface area contributed by atoms with E-state index in [1.807, 2.05) is 11.8 Å². The van der Waals surface area contributed by atoms with Gasteiger partial charge in [0.05, 0.1) is 0 Å². The first-order valence-corrected chi connectivity index (χ1v) is 8.90. The van der Waals surface area contributed by atoms with E-state index in [-0.39, 0.29) is 0 Å². The summed E-state index contributed by atoms with van der Waals surface area (Å²) < 4.78 is 0. The lowest BCUT2D eigenvalue weighted by Crippen LogP contribution is -2.13. The van der Waals surface area contributed by atoms with Crippen LogP contribution in [0.4, 0.5) is 0 Å². The minimum absolute atomic E-state index is 0.676. The highest BCUT2D eigenvalue weighted by atomic mass is 32.2. The van der Waals surface area contributed by atoms with Crippen LogP contribution in [-0.4, -0.2) is 6.26 Å². The summed E-state index contributed by atoms with van der Waals surface area (Å²) in [5.41, 5.74) is 2.93. The van der Waals surface area contributed by atoms with Crippen molar-refractivity contribution in [1.29, 1.82) is 0 Å². The van der Waals surface area contributed by atoms with Gasteiger partial charge in [0, 0.05) is 0 Å². The summed E-state index contributed by atoms with van der Waals surface area (Å²) in [5, 5.41) is 0. The minimum Gasteiger partial charge on any atom is -0.134 e. The molecule has 2 aromatic carbocycles. The summed E-state index contributed by atoms with van der Waals surface area (Å²) >= 11 is 1.92. The smallest absolute Gasteiger partial charge is 0.0140 e. The zero-order chi connectivity index (χ0) is 14.5. The molecule has 0 heterocycles. The van der Waals surface area contributed by atoms with E-state index in [4.69, 9.17) is 0 Å². The van der Waals surface area contributed by atoms with Crippen molar-refractivity contribution >= 4 is 11.8 Å². The number of hydrogen-bond acceptors (Lipinski definition) is 1. The van der Waals surface area contributed by atoms with Gasteiger partial charge in [-0.25, -0.2) is 0 Å². The third-order valence-electron chi connectivity index (χ3n) is 4.39. The monoisotopic (exact) mass is 294 g/mol. The first kappa shape index (κ1) is 14.5. The van der Waals surface area contributed by atoms with Crippen LogP contribution in [0.2, 0.25) is 0 Å². The van der Waals surface area contributed by atoms with Crippen LogP contribution in [0.15, 0.2) is 71.6 Å². The van der Waals surface area contributed by atoms with Gasteiger partial charge in [0.2, 0.25) is 0 Å². The van der Waals surface area contributed by atoms with Gasteiger partial charge < -0.3 is 0 Å². The molecule has 1 aliphatic rings. The summed E-state index contributed by atoms with van der Waals surface area (Å²) in [6, 6.07) is 21.8. The molecular weight excluding hydrogens is 272 g/mol. The van der Waals surface area contributed by atoms with Gasteiger partial charge in [0.1, 0.15) is 0 Å². The fraction of sp³-hybridized carbons (Fsp3) is 0.300. The first-order valence-electron chi connectivity index (χ1n) is 7.67. The molecule has 108 valence electrons. The van der Waals surface area contributed by atoms with Crippen LogP contribution in [-0.2, 0) is 12.8 Å². The van der Waals surface area contributed by atoms with Gasteiger partial charge in [-0.1, -0.05) is 66.7 Å². The Kier molecular flexibility index (Phi) is 4.82. The summed E-state index contributed by atoms with van der Waals surface area (Å²) in [6.07, 6.45) is 8.33. The maximum absolute atomic E-state index is 2.52. The zero-order valence-corrected chi connectivity index (χ0v) is 13.4. The Balaban J connectivity index is 1.73. The molecule has 0 saturated carbocycles. The molecule has 1 aliphatic carbocycles. The quantitative estimate of drug-likeness (QED) is 0.716. The molecule has 2 unspecified atom stereocenters. The van der Waals surface area contributed by atoms with Crippen molar-refractivity contribution in [3.05, 3.63) is 82.8 Å². The maximum atomic E-state index is 2.52. The van der Waals surface area contributed by atoms with Gasteiger partial charge >= 0.3 is 0 Å². The van der Waals surface area contributed by atoms with Crippen LogP contribution in [0.1, 0.15) is 17.5 Å². The van der Waals surface area contributed by atoms with Gasteiger partial charge in [-0.05, 0) is 53.4 Å². The van der Waals surface area contributed by atoms with Crippen molar-refractivity contribution in [1.82, 2.24) is 0 Å². The number of hydrogen-bond donors (Lipinski definition) is 0. The van der Waals surface area contributed by atoms with Crippen molar-refractivity contribution in [2.24, 2.45) is 11.8 Å². The summed E-state index contributed by atoms with van der Waals surface area (Å²) in [4.78, 5) is 1.57. The maximum Gasteiger partial charge on any atom is -0.0140 e. The molecule has 0 N–H and O–H groups in total. The van der Waals surface area contributed by atoms with E-state index in [9.17, 15) is 0 Å². The molecule has 0 saturated heterocycles. The van der Waals surface area contributed by atoms with Crippen molar-refractivity contribution in [2.75, 3.05) is 6.26 Å². The van der Waals surface area contributed by atoms with Crippen LogP contribution in [0, 0.1) is 11.8 Å². The first-order chi connectivity index (χ1) is 10.3. The molecule has 0 radical (unpaired) electrons. The third-order valence-corrected chi connectivity index (χ3v) is 5.21. The lowest BCUT2D eigenvalue weighted by molar-refractivity contribution is 0.418. The highest BCUT2D eigenvalue weighted by Crippen LogP contribution is 2.39. The lowest BCUT2D eigenvalue weighted by Gasteiger charge is -2.19. The summed E-state index contributed by atoms with van der Waals surface area (Å²) in [6.45, 7) is 0. The number of allylic oxidation sites excluding steroid dienone is 2. The Morgan fingerprint density at radius 1 is 0.857 bits per heavy atom. The highest BCUT2D eigenvalue weighted by Gasteiger charge is 2.27. The average Bonchev–Trinajstić information content (AvgIpc) is 2.91. The van der Waals surface area contributed by atoms with Gasteiger partial charge in [0.15, 0.2) is 0 Å². The largest absolute Gasteiger partial charge is 0.134 e. The van der Waals surface area contributed by atoms with E-state index in [1.54, 1.807) is 4.91 Å². The molecule has 0 amide bonds. The number of rotatable bonds is 5. The number of thioether (sulfide) groups is 1. The molecule has 0 nitrogen and oxygen atoms in total. The van der Waals surface area contributed by atoms with E-state index in [2.05, 4.69) is 73.0 Å². The van der Waals surface area contributed by atoms with E-state index >= 15 is 0 Å². The van der Waals surface area contributed by atoms with E-state index in [0.29, 0.717) is 5.92 Å². The fourth-order valence-electron chi connectivity index (χ4n) is 3.26. The molecule has 0 aliphatic heterocycles. The predicted molar refractivity (Wildman–Crippen MR) is 93.5 cm³/mol. The van der Waals surface area contributed by atoms with Gasteiger partial charge in [-0.2, -0.15) is 0 Å². The molecule has 1 heteroatoms. The Morgan fingerprint density at radius 2 is 1.43 bits per heavy atom. The summed E-state index contributed by atoms with van der Waals surface area (Å²) in [5.74, 6) is 1.42. The standard InChI is InChI=1S/C20H22S/c1-21-20-14-18(12-16-8-4-2-5-9-16)19(15-20)13-17-10-6-3-7-11-17/h2-11,14,18-19H,12-13,15H2,1H3. The van der Waals surface area contributed by atoms with E-state index in [1.165, 1.54) is 30.4 Å². The molecule has 0 spiro atoms. The molecule has 0 fully saturated rings. The lowest BCUT2D eigenvalue weighted by atomic mass is 9.85. The molecule has 0 aromatic heterocycles. The van der Waals surface area contributed by atoms with Crippen LogP contribution < -0.4 is 0 Å². The molecule has 2 aromatic rings. The molecular formula is C20H22S. The molecule has 2 atom stereocenters. The Labute approximate surface area is 132 Å². The number of benzene rings is 2. The van der Waals surface area contributed by atoms with Gasteiger partial charge in [0.25, 0.3) is 0 Å². The molecule has 3 rings (SSSR count). The highest BCUT2D eigenvalue weighted by molar-refractivity contribution is 8.02. The van der Waals surface area contributed by atoms with E-state index in [0.717, 1.165) is 5.92 Å². The topological polar surface area (TPSA) is 0 Å². The Morgan fingerprint density at radius 3 is 2.00 bits per heavy atom.